The van der Waals surface area contributed by atoms with Gasteiger partial charge in [0.2, 0.25) is 0 Å². The quantitative estimate of drug-likeness (QED) is 0.682. The Morgan fingerprint density at radius 1 is 1.42 bits per heavy atom. The van der Waals surface area contributed by atoms with E-state index < -0.39 is 18.0 Å². The number of hydrogen-bond acceptors (Lipinski definition) is 1. The van der Waals surface area contributed by atoms with Gasteiger partial charge in [0.05, 0.1) is 5.54 Å². The Hall–Kier alpha value is -0.870. The van der Waals surface area contributed by atoms with E-state index in [-0.39, 0.29) is 0 Å². The van der Waals surface area contributed by atoms with E-state index in [4.69, 9.17) is 0 Å². The Morgan fingerprint density at radius 3 is 2.08 bits per heavy atom. The summed E-state index contributed by atoms with van der Waals surface area (Å²) in [4.78, 5) is 12.2. The molecule has 0 aromatic rings. The third-order valence-corrected chi connectivity index (χ3v) is 1.38. The molecule has 0 saturated heterocycles. The SMILES string of the molecule is CN(C)C(=O)NC(C)(C)C(F)F. The summed E-state index contributed by atoms with van der Waals surface area (Å²) in [5.41, 5.74) is -1.47. The summed E-state index contributed by atoms with van der Waals surface area (Å²) in [7, 11) is 2.99. The van der Waals surface area contributed by atoms with E-state index in [2.05, 4.69) is 5.32 Å². The largest absolute Gasteiger partial charge is 0.331 e. The fourth-order valence-corrected chi connectivity index (χ4v) is 0.442. The van der Waals surface area contributed by atoms with Crippen molar-refractivity contribution in [3.8, 4) is 0 Å². The van der Waals surface area contributed by atoms with Crippen molar-refractivity contribution >= 4 is 6.03 Å². The van der Waals surface area contributed by atoms with Crippen molar-refractivity contribution in [3.05, 3.63) is 0 Å². The first-order chi connectivity index (χ1) is 5.27. The standard InChI is InChI=1S/C7H14F2N2O/c1-7(2,5(8)9)10-6(12)11(3)4/h5H,1-4H3,(H,10,12). The number of amides is 2. The Balaban J connectivity index is 4.15. The van der Waals surface area contributed by atoms with Gasteiger partial charge in [-0.1, -0.05) is 0 Å². The summed E-state index contributed by atoms with van der Waals surface area (Å²) in [6.45, 7) is 2.55. The van der Waals surface area contributed by atoms with Gasteiger partial charge in [0.1, 0.15) is 0 Å². The van der Waals surface area contributed by atoms with Gasteiger partial charge in [-0.15, -0.1) is 0 Å². The highest BCUT2D eigenvalue weighted by molar-refractivity contribution is 5.74. The number of carbonyl (C=O) groups is 1. The van der Waals surface area contributed by atoms with Crippen molar-refractivity contribution in [2.75, 3.05) is 14.1 Å². The van der Waals surface area contributed by atoms with Crippen LogP contribution in [0.15, 0.2) is 0 Å². The number of nitrogens with one attached hydrogen (secondary N) is 1. The summed E-state index contributed by atoms with van der Waals surface area (Å²) in [5, 5.41) is 2.19. The summed E-state index contributed by atoms with van der Waals surface area (Å²) in [6.07, 6.45) is -2.57. The van der Waals surface area contributed by atoms with Gasteiger partial charge >= 0.3 is 6.03 Å². The maximum Gasteiger partial charge on any atom is 0.317 e. The van der Waals surface area contributed by atoms with Crippen LogP contribution in [0.2, 0.25) is 0 Å². The van der Waals surface area contributed by atoms with Crippen molar-refractivity contribution in [2.24, 2.45) is 0 Å². The second kappa shape index (κ2) is 3.69. The highest BCUT2D eigenvalue weighted by Gasteiger charge is 2.31. The Kier molecular flexibility index (Phi) is 3.42. The molecule has 0 aliphatic rings. The lowest BCUT2D eigenvalue weighted by atomic mass is 10.1. The fraction of sp³-hybridized carbons (Fsp3) is 0.857. The number of halogens is 2. The van der Waals surface area contributed by atoms with Crippen molar-refractivity contribution in [1.29, 1.82) is 0 Å². The first kappa shape index (κ1) is 11.1. The highest BCUT2D eigenvalue weighted by atomic mass is 19.3. The summed E-state index contributed by atoms with van der Waals surface area (Å²) in [5.74, 6) is 0. The molecule has 0 bridgehead atoms. The van der Waals surface area contributed by atoms with E-state index >= 15 is 0 Å². The Morgan fingerprint density at radius 2 is 1.83 bits per heavy atom. The molecule has 0 spiro atoms. The predicted octanol–water partition coefficient (Wildman–Crippen LogP) is 1.30. The van der Waals surface area contributed by atoms with E-state index in [1.807, 2.05) is 0 Å². The molecule has 0 heterocycles. The summed E-state index contributed by atoms with van der Waals surface area (Å²) < 4.78 is 24.4. The normalized spacial score (nSPS) is 11.6. The zero-order chi connectivity index (χ0) is 9.94. The fourth-order valence-electron chi connectivity index (χ4n) is 0.442. The lowest BCUT2D eigenvalue weighted by Gasteiger charge is -2.26. The second-order valence-electron chi connectivity index (χ2n) is 3.35. The minimum absolute atomic E-state index is 0.514. The van der Waals surface area contributed by atoms with Gasteiger partial charge in [-0.3, -0.25) is 0 Å². The number of carbonyl (C=O) groups excluding carboxylic acids is 1. The molecular weight excluding hydrogens is 166 g/mol. The van der Waals surface area contributed by atoms with E-state index in [1.165, 1.54) is 32.8 Å². The van der Waals surface area contributed by atoms with Crippen LogP contribution in [0.4, 0.5) is 13.6 Å². The third-order valence-electron chi connectivity index (χ3n) is 1.38. The topological polar surface area (TPSA) is 32.3 Å². The van der Waals surface area contributed by atoms with Gasteiger partial charge in [0.15, 0.2) is 0 Å². The van der Waals surface area contributed by atoms with E-state index in [0.29, 0.717) is 0 Å². The minimum Gasteiger partial charge on any atom is -0.331 e. The second-order valence-corrected chi connectivity index (χ2v) is 3.35. The predicted molar refractivity (Wildman–Crippen MR) is 42.3 cm³/mol. The molecule has 0 aliphatic heterocycles. The molecule has 0 saturated carbocycles. The van der Waals surface area contributed by atoms with Crippen LogP contribution >= 0.6 is 0 Å². The summed E-state index contributed by atoms with van der Waals surface area (Å²) >= 11 is 0. The molecular formula is C7H14F2N2O. The Bertz CT molecular complexity index is 169. The van der Waals surface area contributed by atoms with E-state index in [9.17, 15) is 13.6 Å². The average molecular weight is 180 g/mol. The molecule has 0 aromatic carbocycles. The molecule has 0 fully saturated rings. The third kappa shape index (κ3) is 3.02. The van der Waals surface area contributed by atoms with Crippen LogP contribution in [0.1, 0.15) is 13.8 Å². The Labute approximate surface area is 70.7 Å². The minimum atomic E-state index is -2.57. The highest BCUT2D eigenvalue weighted by Crippen LogP contribution is 2.13. The molecule has 0 aliphatic carbocycles. The van der Waals surface area contributed by atoms with Crippen LogP contribution < -0.4 is 5.32 Å². The lowest BCUT2D eigenvalue weighted by molar-refractivity contribution is 0.0542. The molecule has 3 nitrogen and oxygen atoms in total. The molecule has 0 atom stereocenters. The zero-order valence-corrected chi connectivity index (χ0v) is 7.69. The van der Waals surface area contributed by atoms with Crippen LogP contribution in [0, 0.1) is 0 Å². The van der Waals surface area contributed by atoms with Crippen LogP contribution in [0.25, 0.3) is 0 Å². The van der Waals surface area contributed by atoms with E-state index in [0.717, 1.165) is 0 Å². The maximum atomic E-state index is 12.2. The van der Waals surface area contributed by atoms with Crippen molar-refractivity contribution < 1.29 is 13.6 Å². The van der Waals surface area contributed by atoms with Crippen LogP contribution in [-0.2, 0) is 0 Å². The monoisotopic (exact) mass is 180 g/mol. The zero-order valence-electron chi connectivity index (χ0n) is 7.69. The molecule has 72 valence electrons. The number of hydrogen-bond donors (Lipinski definition) is 1. The first-order valence-electron chi connectivity index (χ1n) is 3.55. The number of alkyl halides is 2. The van der Waals surface area contributed by atoms with Gasteiger partial charge in [-0.05, 0) is 13.8 Å². The van der Waals surface area contributed by atoms with Crippen LogP contribution in [0.3, 0.4) is 0 Å². The molecule has 0 unspecified atom stereocenters. The molecule has 2 amide bonds. The van der Waals surface area contributed by atoms with Gasteiger partial charge in [-0.25, -0.2) is 13.6 Å². The molecule has 0 rings (SSSR count). The first-order valence-corrected chi connectivity index (χ1v) is 3.55. The molecule has 1 N–H and O–H groups in total. The van der Waals surface area contributed by atoms with E-state index in [1.54, 1.807) is 0 Å². The van der Waals surface area contributed by atoms with Gasteiger partial charge in [0.25, 0.3) is 6.43 Å². The smallest absolute Gasteiger partial charge is 0.317 e. The van der Waals surface area contributed by atoms with Crippen LogP contribution in [-0.4, -0.2) is 37.0 Å². The molecule has 5 heteroatoms. The average Bonchev–Trinajstić information content (AvgIpc) is 1.85. The molecule has 0 aromatic heterocycles. The molecule has 12 heavy (non-hydrogen) atoms. The maximum absolute atomic E-state index is 12.2. The van der Waals surface area contributed by atoms with Crippen molar-refractivity contribution in [1.82, 2.24) is 10.2 Å². The number of nitrogens with zero attached hydrogens (tertiary/aromatic N) is 1. The summed E-state index contributed by atoms with van der Waals surface area (Å²) in [6, 6.07) is -0.514. The number of urea groups is 1. The van der Waals surface area contributed by atoms with Gasteiger partial charge in [0, 0.05) is 14.1 Å². The lowest BCUT2D eigenvalue weighted by Crippen LogP contribution is -2.52. The molecule has 0 radical (unpaired) electrons. The van der Waals surface area contributed by atoms with Crippen molar-refractivity contribution in [3.63, 3.8) is 0 Å². The van der Waals surface area contributed by atoms with Crippen molar-refractivity contribution in [2.45, 2.75) is 25.8 Å². The van der Waals surface area contributed by atoms with Gasteiger partial charge in [-0.2, -0.15) is 0 Å². The van der Waals surface area contributed by atoms with Gasteiger partial charge < -0.3 is 10.2 Å². The van der Waals surface area contributed by atoms with Crippen LogP contribution in [0.5, 0.6) is 0 Å². The number of rotatable bonds is 2.